The van der Waals surface area contributed by atoms with Crippen LogP contribution in [0.1, 0.15) is 22.3 Å². The molecule has 0 atom stereocenters. The minimum Gasteiger partial charge on any atom is -0.282 e. The van der Waals surface area contributed by atoms with Crippen molar-refractivity contribution in [2.75, 3.05) is 0 Å². The molecule has 6 nitrogen and oxygen atoms in total. The Hall–Kier alpha value is -1.74. The Morgan fingerprint density at radius 1 is 0.739 bits per heavy atom. The van der Waals surface area contributed by atoms with Crippen LogP contribution in [0, 0.1) is 13.8 Å². The zero-order valence-corrected chi connectivity index (χ0v) is 14.1. The Bertz CT molecular complexity index is 880. The second kappa shape index (κ2) is 6.04. The zero-order valence-electron chi connectivity index (χ0n) is 12.5. The third kappa shape index (κ3) is 4.17. The third-order valence-corrected chi connectivity index (χ3v) is 5.46. The molecule has 0 spiro atoms. The van der Waals surface area contributed by atoms with Gasteiger partial charge in [-0.25, -0.2) is 0 Å². The van der Waals surface area contributed by atoms with E-state index in [1.807, 2.05) is 0 Å². The van der Waals surface area contributed by atoms with E-state index in [2.05, 4.69) is 0 Å². The molecule has 2 rings (SSSR count). The van der Waals surface area contributed by atoms with Crippen LogP contribution in [0.15, 0.2) is 46.2 Å². The number of benzene rings is 2. The second-order valence-corrected chi connectivity index (χ2v) is 8.11. The fraction of sp³-hybridized carbons (Fsp3) is 0.200. The van der Waals surface area contributed by atoms with Crippen molar-refractivity contribution in [2.24, 2.45) is 0 Å². The highest BCUT2D eigenvalue weighted by molar-refractivity contribution is 7.86. The molecule has 8 heteroatoms. The van der Waals surface area contributed by atoms with E-state index < -0.39 is 20.2 Å². The monoisotopic (exact) mass is 356 g/mol. The van der Waals surface area contributed by atoms with Gasteiger partial charge in [0.2, 0.25) is 0 Å². The lowest BCUT2D eigenvalue weighted by Gasteiger charge is -2.09. The van der Waals surface area contributed by atoms with Crippen LogP contribution in [0.25, 0.3) is 0 Å². The molecule has 0 aromatic heterocycles. The predicted molar refractivity (Wildman–Crippen MR) is 84.8 cm³/mol. The lowest BCUT2D eigenvalue weighted by atomic mass is 10.0. The van der Waals surface area contributed by atoms with E-state index in [4.69, 9.17) is 0 Å². The lowest BCUT2D eigenvalue weighted by Crippen LogP contribution is -2.04. The van der Waals surface area contributed by atoms with Gasteiger partial charge >= 0.3 is 0 Å². The summed E-state index contributed by atoms with van der Waals surface area (Å²) in [5.41, 5.74) is 2.01. The molecular weight excluding hydrogens is 340 g/mol. The average Bonchev–Trinajstić information content (AvgIpc) is 2.40. The molecule has 2 aromatic rings. The Kier molecular flexibility index (Phi) is 4.63. The molecule has 2 aromatic carbocycles. The van der Waals surface area contributed by atoms with E-state index in [-0.39, 0.29) is 16.2 Å². The average molecular weight is 356 g/mol. The Morgan fingerprint density at radius 2 is 1.09 bits per heavy atom. The van der Waals surface area contributed by atoms with Crippen LogP contribution in [0.4, 0.5) is 0 Å². The van der Waals surface area contributed by atoms with Crippen LogP contribution >= 0.6 is 0 Å². The molecule has 0 aliphatic rings. The van der Waals surface area contributed by atoms with E-state index in [0.29, 0.717) is 22.3 Å². The molecule has 2 N–H and O–H groups in total. The molecular formula is C15H16O6S2. The summed E-state index contributed by atoms with van der Waals surface area (Å²) in [6.07, 6.45) is 0.256. The second-order valence-electron chi connectivity index (χ2n) is 5.33. The summed E-state index contributed by atoms with van der Waals surface area (Å²) in [5.74, 6) is 0. The fourth-order valence-electron chi connectivity index (χ4n) is 2.30. The van der Waals surface area contributed by atoms with Crippen LogP contribution in [0.5, 0.6) is 0 Å². The highest BCUT2D eigenvalue weighted by Gasteiger charge is 2.16. The van der Waals surface area contributed by atoms with Crippen LogP contribution in [-0.2, 0) is 26.7 Å². The van der Waals surface area contributed by atoms with Gasteiger partial charge in [0.15, 0.2) is 0 Å². The summed E-state index contributed by atoms with van der Waals surface area (Å²) in [7, 11) is -8.64. The SMILES string of the molecule is Cc1ccc(Cc2ccc(C)c(S(=O)(=O)O)c2)cc1S(=O)(=O)O. The first-order chi connectivity index (χ1) is 10.5. The molecule has 0 heterocycles. The number of hydrogen-bond acceptors (Lipinski definition) is 4. The molecule has 124 valence electrons. The quantitative estimate of drug-likeness (QED) is 0.814. The molecule has 0 saturated carbocycles. The first kappa shape index (κ1) is 17.6. The highest BCUT2D eigenvalue weighted by Crippen LogP contribution is 2.22. The number of rotatable bonds is 4. The van der Waals surface area contributed by atoms with E-state index in [1.54, 1.807) is 38.1 Å². The van der Waals surface area contributed by atoms with Gasteiger partial charge in [0.25, 0.3) is 20.2 Å². The summed E-state index contributed by atoms with van der Waals surface area (Å²) in [6, 6.07) is 9.20. The van der Waals surface area contributed by atoms with Crippen molar-refractivity contribution >= 4 is 20.2 Å². The lowest BCUT2D eigenvalue weighted by molar-refractivity contribution is 0.480. The van der Waals surface area contributed by atoms with Gasteiger partial charge in [-0.05, 0) is 54.7 Å². The fourth-order valence-corrected chi connectivity index (χ4v) is 3.85. The minimum absolute atomic E-state index is 0.183. The first-order valence-corrected chi connectivity index (χ1v) is 9.50. The van der Waals surface area contributed by atoms with Gasteiger partial charge in [-0.15, -0.1) is 0 Å². The molecule has 0 fully saturated rings. The Morgan fingerprint density at radius 3 is 1.39 bits per heavy atom. The standard InChI is InChI=1S/C15H16O6S2/c1-10-3-5-12(8-14(10)22(16,17)18)7-13-6-4-11(2)15(9-13)23(19,20)21/h3-6,8-9H,7H2,1-2H3,(H,16,17,18)(H,19,20,21). The molecule has 0 aliphatic heterocycles. The van der Waals surface area contributed by atoms with Crippen LogP contribution in [0.3, 0.4) is 0 Å². The maximum Gasteiger partial charge on any atom is 0.294 e. The van der Waals surface area contributed by atoms with Crippen molar-refractivity contribution in [3.63, 3.8) is 0 Å². The van der Waals surface area contributed by atoms with E-state index in [9.17, 15) is 25.9 Å². The van der Waals surface area contributed by atoms with E-state index in [1.165, 1.54) is 12.1 Å². The minimum atomic E-state index is -4.32. The normalized spacial score (nSPS) is 12.3. The first-order valence-electron chi connectivity index (χ1n) is 6.62. The van der Waals surface area contributed by atoms with Crippen molar-refractivity contribution in [2.45, 2.75) is 30.1 Å². The van der Waals surface area contributed by atoms with Gasteiger partial charge < -0.3 is 0 Å². The molecule has 0 bridgehead atoms. The maximum atomic E-state index is 11.3. The van der Waals surface area contributed by atoms with Crippen LogP contribution < -0.4 is 0 Å². The maximum absolute atomic E-state index is 11.3. The smallest absolute Gasteiger partial charge is 0.282 e. The molecule has 0 aliphatic carbocycles. The van der Waals surface area contributed by atoms with Gasteiger partial charge in [0.1, 0.15) is 0 Å². The number of hydrogen-bond donors (Lipinski definition) is 2. The summed E-state index contributed by atoms with van der Waals surface area (Å²) >= 11 is 0. The van der Waals surface area contributed by atoms with Crippen molar-refractivity contribution in [1.29, 1.82) is 0 Å². The molecule has 0 unspecified atom stereocenters. The highest BCUT2D eigenvalue weighted by atomic mass is 32.2. The Labute approximate surface area is 135 Å². The molecule has 23 heavy (non-hydrogen) atoms. The molecule has 0 saturated heterocycles. The summed E-state index contributed by atoms with van der Waals surface area (Å²) in [5, 5.41) is 0. The van der Waals surface area contributed by atoms with Crippen molar-refractivity contribution < 1.29 is 25.9 Å². The molecule has 0 amide bonds. The largest absolute Gasteiger partial charge is 0.294 e. The summed E-state index contributed by atoms with van der Waals surface area (Å²) < 4.78 is 63.7. The van der Waals surface area contributed by atoms with Crippen molar-refractivity contribution in [3.05, 3.63) is 58.7 Å². The van der Waals surface area contributed by atoms with Gasteiger partial charge in [0.05, 0.1) is 9.79 Å². The molecule has 0 radical (unpaired) electrons. The third-order valence-electron chi connectivity index (χ3n) is 3.47. The zero-order chi connectivity index (χ0) is 17.4. The summed E-state index contributed by atoms with van der Waals surface area (Å²) in [4.78, 5) is -0.366. The van der Waals surface area contributed by atoms with Crippen LogP contribution in [-0.4, -0.2) is 25.9 Å². The topological polar surface area (TPSA) is 109 Å². The van der Waals surface area contributed by atoms with Crippen molar-refractivity contribution in [3.8, 4) is 0 Å². The van der Waals surface area contributed by atoms with Gasteiger partial charge in [-0.3, -0.25) is 9.11 Å². The van der Waals surface area contributed by atoms with E-state index in [0.717, 1.165) is 0 Å². The van der Waals surface area contributed by atoms with Gasteiger partial charge in [0, 0.05) is 0 Å². The van der Waals surface area contributed by atoms with E-state index >= 15 is 0 Å². The van der Waals surface area contributed by atoms with Crippen molar-refractivity contribution in [1.82, 2.24) is 0 Å². The summed E-state index contributed by atoms with van der Waals surface area (Å²) in [6.45, 7) is 3.13. The Balaban J connectivity index is 2.45. The predicted octanol–water partition coefficient (Wildman–Crippen LogP) is 2.39. The van der Waals surface area contributed by atoms with Gasteiger partial charge in [-0.2, -0.15) is 16.8 Å². The van der Waals surface area contributed by atoms with Crippen LogP contribution in [0.2, 0.25) is 0 Å². The number of aryl methyl sites for hydroxylation is 2. The van der Waals surface area contributed by atoms with Gasteiger partial charge in [-0.1, -0.05) is 24.3 Å².